The van der Waals surface area contributed by atoms with E-state index in [0.717, 1.165) is 31.0 Å². The number of nitrogens with one attached hydrogen (secondary N) is 1. The first-order valence-electron chi connectivity index (χ1n) is 9.63. The summed E-state index contributed by atoms with van der Waals surface area (Å²) in [5.41, 5.74) is 3.60. The van der Waals surface area contributed by atoms with E-state index < -0.39 is 0 Å². The van der Waals surface area contributed by atoms with Gasteiger partial charge >= 0.3 is 0 Å². The minimum Gasteiger partial charge on any atom is -0.493 e. The van der Waals surface area contributed by atoms with Crippen molar-refractivity contribution < 1.29 is 23.8 Å². The van der Waals surface area contributed by atoms with Gasteiger partial charge in [0, 0.05) is 31.6 Å². The number of Topliss-reactive ketones (excluding diaryl/α,β-unsaturated/α-hetero) is 1. The van der Waals surface area contributed by atoms with Crippen LogP contribution in [0.5, 0.6) is 17.2 Å². The molecule has 1 N–H and O–H groups in total. The maximum Gasteiger partial charge on any atom is 0.262 e. The summed E-state index contributed by atoms with van der Waals surface area (Å²) in [4.78, 5) is 26.4. The van der Waals surface area contributed by atoms with Crippen LogP contribution in [-0.4, -0.2) is 50.5 Å². The average molecular weight is 396 g/mol. The predicted octanol–water partition coefficient (Wildman–Crippen LogP) is 2.67. The van der Waals surface area contributed by atoms with E-state index in [0.29, 0.717) is 30.0 Å². The van der Waals surface area contributed by atoms with Gasteiger partial charge in [-0.25, -0.2) is 0 Å². The number of benzene rings is 2. The van der Waals surface area contributed by atoms with Gasteiger partial charge in [0.2, 0.25) is 0 Å². The summed E-state index contributed by atoms with van der Waals surface area (Å²) >= 11 is 0. The molecule has 2 heterocycles. The van der Waals surface area contributed by atoms with Crippen molar-refractivity contribution in [2.45, 2.75) is 19.4 Å². The Kier molecular flexibility index (Phi) is 5.40. The van der Waals surface area contributed by atoms with Crippen LogP contribution in [-0.2, 0) is 17.8 Å². The molecular weight excluding hydrogens is 372 g/mol. The molecule has 0 unspecified atom stereocenters. The number of amides is 1. The molecule has 152 valence electrons. The van der Waals surface area contributed by atoms with Crippen LogP contribution in [0, 0.1) is 0 Å². The Morgan fingerprint density at radius 1 is 1.14 bits per heavy atom. The second-order valence-electron chi connectivity index (χ2n) is 7.22. The summed E-state index contributed by atoms with van der Waals surface area (Å²) in [6.07, 6.45) is 1.32. The first-order chi connectivity index (χ1) is 14.1. The number of ketones is 1. The summed E-state index contributed by atoms with van der Waals surface area (Å²) in [6.45, 7) is 2.35. The Hall–Kier alpha value is -3.06. The van der Waals surface area contributed by atoms with Crippen LogP contribution in [0.2, 0.25) is 0 Å². The normalized spacial score (nSPS) is 15.6. The van der Waals surface area contributed by atoms with E-state index in [4.69, 9.17) is 14.2 Å². The Morgan fingerprint density at radius 3 is 2.66 bits per heavy atom. The van der Waals surface area contributed by atoms with Crippen molar-refractivity contribution >= 4 is 17.4 Å². The second kappa shape index (κ2) is 8.13. The highest BCUT2D eigenvalue weighted by molar-refractivity contribution is 6.00. The molecule has 29 heavy (non-hydrogen) atoms. The average Bonchev–Trinajstić information content (AvgIpc) is 2.75. The molecule has 0 aliphatic carbocycles. The zero-order valence-corrected chi connectivity index (χ0v) is 16.6. The fourth-order valence-corrected chi connectivity index (χ4v) is 3.79. The van der Waals surface area contributed by atoms with Crippen LogP contribution in [0.25, 0.3) is 0 Å². The van der Waals surface area contributed by atoms with Crippen LogP contribution in [0.15, 0.2) is 30.3 Å². The van der Waals surface area contributed by atoms with Crippen LogP contribution in [0.3, 0.4) is 0 Å². The quantitative estimate of drug-likeness (QED) is 0.757. The van der Waals surface area contributed by atoms with Crippen molar-refractivity contribution in [3.05, 3.63) is 47.0 Å². The Morgan fingerprint density at radius 2 is 1.90 bits per heavy atom. The molecule has 0 saturated heterocycles. The number of methoxy groups -OCH3 is 2. The number of carbonyl (C=O) groups excluding carboxylic acids is 2. The molecule has 0 fully saturated rings. The van der Waals surface area contributed by atoms with Gasteiger partial charge in [0.05, 0.1) is 19.9 Å². The smallest absolute Gasteiger partial charge is 0.262 e. The van der Waals surface area contributed by atoms with Crippen molar-refractivity contribution in [2.75, 3.05) is 39.2 Å². The van der Waals surface area contributed by atoms with Gasteiger partial charge in [0.15, 0.2) is 23.9 Å². The van der Waals surface area contributed by atoms with Crippen molar-refractivity contribution in [3.8, 4) is 17.2 Å². The van der Waals surface area contributed by atoms with E-state index >= 15 is 0 Å². The van der Waals surface area contributed by atoms with Crippen molar-refractivity contribution in [2.24, 2.45) is 0 Å². The van der Waals surface area contributed by atoms with E-state index in [-0.39, 0.29) is 18.3 Å². The monoisotopic (exact) mass is 396 g/mol. The zero-order chi connectivity index (χ0) is 20.4. The molecule has 2 aliphatic heterocycles. The van der Waals surface area contributed by atoms with Crippen molar-refractivity contribution in [1.82, 2.24) is 4.90 Å². The number of ether oxygens (including phenoxy) is 3. The fourth-order valence-electron chi connectivity index (χ4n) is 3.79. The molecule has 0 aromatic heterocycles. The number of fused-ring (bicyclic) bond motifs is 2. The lowest BCUT2D eigenvalue weighted by Gasteiger charge is -2.29. The Bertz CT molecular complexity index is 956. The Balaban J connectivity index is 1.39. The second-order valence-corrected chi connectivity index (χ2v) is 7.22. The largest absolute Gasteiger partial charge is 0.493 e. The van der Waals surface area contributed by atoms with Crippen LogP contribution in [0.4, 0.5) is 5.69 Å². The minimum absolute atomic E-state index is 0.00733. The maximum atomic E-state index is 12.7. The minimum atomic E-state index is -0.207. The number of hydrogen-bond donors (Lipinski definition) is 1. The number of nitrogens with zero attached hydrogens (tertiary/aromatic N) is 1. The lowest BCUT2D eigenvalue weighted by molar-refractivity contribution is -0.118. The molecule has 7 nitrogen and oxygen atoms in total. The lowest BCUT2D eigenvalue weighted by Crippen LogP contribution is -2.32. The summed E-state index contributed by atoms with van der Waals surface area (Å²) in [6, 6.07) is 9.24. The zero-order valence-electron chi connectivity index (χ0n) is 16.6. The van der Waals surface area contributed by atoms with E-state index in [1.54, 1.807) is 32.4 Å². The highest BCUT2D eigenvalue weighted by atomic mass is 16.5. The SMILES string of the molecule is COc1cc2c(cc1OC)CN(CCC(=O)c1ccc3c(c1)NC(=O)CO3)CC2. The van der Waals surface area contributed by atoms with Crippen molar-refractivity contribution in [1.29, 1.82) is 0 Å². The molecule has 7 heteroatoms. The molecule has 2 aliphatic rings. The number of rotatable bonds is 6. The molecule has 0 bridgehead atoms. The van der Waals surface area contributed by atoms with E-state index in [9.17, 15) is 9.59 Å². The molecule has 0 spiro atoms. The molecule has 0 radical (unpaired) electrons. The van der Waals surface area contributed by atoms with E-state index in [1.807, 2.05) is 12.1 Å². The summed E-state index contributed by atoms with van der Waals surface area (Å²) in [7, 11) is 3.28. The molecule has 1 amide bonds. The van der Waals surface area contributed by atoms with Gasteiger partial charge in [0.25, 0.3) is 5.91 Å². The molecule has 2 aromatic carbocycles. The lowest BCUT2D eigenvalue weighted by atomic mass is 9.98. The van der Waals surface area contributed by atoms with Gasteiger partial charge in [-0.3, -0.25) is 14.5 Å². The third-order valence-corrected chi connectivity index (χ3v) is 5.39. The van der Waals surface area contributed by atoms with Gasteiger partial charge in [-0.2, -0.15) is 0 Å². The standard InChI is InChI=1S/C22H24N2O5/c1-27-20-10-14-5-7-24(12-16(14)11-21(20)28-2)8-6-18(25)15-3-4-19-17(9-15)23-22(26)13-29-19/h3-4,9-11H,5-8,12-13H2,1-2H3,(H,23,26). The first-order valence-corrected chi connectivity index (χ1v) is 9.63. The molecule has 4 rings (SSSR count). The fraction of sp³-hybridized carbons (Fsp3) is 0.364. The predicted molar refractivity (Wildman–Crippen MR) is 108 cm³/mol. The van der Waals surface area contributed by atoms with Crippen LogP contribution in [0.1, 0.15) is 27.9 Å². The maximum absolute atomic E-state index is 12.7. The van der Waals surface area contributed by atoms with E-state index in [2.05, 4.69) is 10.2 Å². The van der Waals surface area contributed by atoms with Crippen LogP contribution >= 0.6 is 0 Å². The van der Waals surface area contributed by atoms with Gasteiger partial charge in [-0.1, -0.05) is 0 Å². The highest BCUT2D eigenvalue weighted by Crippen LogP contribution is 2.33. The van der Waals surface area contributed by atoms with Gasteiger partial charge in [-0.05, 0) is 47.9 Å². The summed E-state index contributed by atoms with van der Waals surface area (Å²) in [5.74, 6) is 1.91. The molecule has 0 saturated carbocycles. The third kappa shape index (κ3) is 4.05. The van der Waals surface area contributed by atoms with Crippen LogP contribution < -0.4 is 19.5 Å². The van der Waals surface area contributed by atoms with Gasteiger partial charge in [0.1, 0.15) is 5.75 Å². The van der Waals surface area contributed by atoms with E-state index in [1.165, 1.54) is 11.1 Å². The van der Waals surface area contributed by atoms with Gasteiger partial charge < -0.3 is 19.5 Å². The molecular formula is C22H24N2O5. The molecule has 2 aromatic rings. The molecule has 0 atom stereocenters. The highest BCUT2D eigenvalue weighted by Gasteiger charge is 2.21. The van der Waals surface area contributed by atoms with Gasteiger partial charge in [-0.15, -0.1) is 0 Å². The number of carbonyl (C=O) groups is 2. The summed E-state index contributed by atoms with van der Waals surface area (Å²) < 4.78 is 16.1. The summed E-state index contributed by atoms with van der Waals surface area (Å²) in [5, 5.41) is 2.74. The number of hydrogen-bond acceptors (Lipinski definition) is 6. The number of anilines is 1. The Labute approximate surface area is 169 Å². The third-order valence-electron chi connectivity index (χ3n) is 5.39. The topological polar surface area (TPSA) is 77.1 Å². The van der Waals surface area contributed by atoms with Crippen molar-refractivity contribution in [3.63, 3.8) is 0 Å². The first kappa shape index (κ1) is 19.3.